The van der Waals surface area contributed by atoms with Gasteiger partial charge in [-0.15, -0.1) is 4.73 Å². The first-order valence-corrected chi connectivity index (χ1v) is 29.5. The molecule has 37 nitrogen and oxygen atoms in total. The van der Waals surface area contributed by atoms with E-state index in [-0.39, 0.29) is 71.1 Å². The molecule has 4 aliphatic rings. The lowest BCUT2D eigenvalue weighted by Crippen LogP contribution is -2.65. The number of hydrogen-bond donors (Lipinski definition) is 20. The van der Waals surface area contributed by atoms with Crippen molar-refractivity contribution in [2.45, 2.75) is 188 Å². The molecule has 0 aliphatic carbocycles. The third kappa shape index (κ3) is 23.1. The van der Waals surface area contributed by atoms with Crippen LogP contribution in [0.1, 0.15) is 64.7 Å². The maximum atomic E-state index is 13.1. The fourth-order valence-corrected chi connectivity index (χ4v) is 9.65. The van der Waals surface area contributed by atoms with Crippen LogP contribution in [0, 0.1) is 0 Å². The molecule has 90 heavy (non-hydrogen) atoms. The number of unbranched alkanes of at least 4 members (excludes halogenated alkanes) is 4. The number of amides is 5. The molecular formula is C53H89N7O30. The number of nitrogens with zero attached hydrogens (tertiary/aromatic N) is 2. The summed E-state index contributed by atoms with van der Waals surface area (Å²) in [6, 6.07) is 2.16. The molecule has 5 heterocycles. The Balaban J connectivity index is 1.02. The standard InChI is InChI=1S/C53H89N7O30/c1-26-38(71)42(75)45(78)50(85-26)82-18-16-57-30(63)8-4-2-6-13-54-32(65)20-59(22-34(67)56-15-12-37(70)90-60-35(68)10-11-36(60)69)21-33(66)55-14-7-3-5-9-31(64)58-17-19-83-52-48(81)49(89-53-47(80)44(77)40(73)28(24-62)87-53)41(74)29(88-52)25-84-51-46(79)43(76)39(72)27(23-61)86-51/h10-11,26-29,38-53,61-62,68-69,71-81H,2-9,12-25H2,1H3,(H,54,65)(H,55,66)(H,56,67)(H,57,63)(H,58,64). The number of carbonyl (C=O) groups excluding carboxylic acids is 6. The molecule has 20 N–H and O–H groups in total. The molecule has 0 radical (unpaired) electrons. The summed E-state index contributed by atoms with van der Waals surface area (Å²) in [5.74, 6) is -4.48. The predicted octanol–water partition coefficient (Wildman–Crippen LogP) is -10.4. The summed E-state index contributed by atoms with van der Waals surface area (Å²) in [5, 5.41) is 166. The van der Waals surface area contributed by atoms with Crippen molar-refractivity contribution in [3.05, 3.63) is 12.1 Å². The number of aromatic hydroxyl groups is 2. The van der Waals surface area contributed by atoms with Gasteiger partial charge in [0.2, 0.25) is 41.3 Å². The van der Waals surface area contributed by atoms with Crippen molar-refractivity contribution in [3.8, 4) is 11.8 Å². The summed E-state index contributed by atoms with van der Waals surface area (Å²) in [7, 11) is 0. The lowest BCUT2D eigenvalue weighted by Gasteiger charge is -2.46. The fourth-order valence-electron chi connectivity index (χ4n) is 9.65. The molecular weight excluding hydrogens is 1210 g/mol. The molecule has 5 rings (SSSR count). The monoisotopic (exact) mass is 1300 g/mol. The van der Waals surface area contributed by atoms with Gasteiger partial charge in [-0.3, -0.25) is 28.9 Å². The first-order chi connectivity index (χ1) is 42.8. The molecule has 5 amide bonds. The summed E-state index contributed by atoms with van der Waals surface area (Å²) in [5.41, 5.74) is 0. The zero-order valence-corrected chi connectivity index (χ0v) is 49.5. The molecule has 0 bridgehead atoms. The number of aliphatic hydroxyl groups excluding tert-OH is 13. The van der Waals surface area contributed by atoms with Crippen LogP contribution in [0.4, 0.5) is 0 Å². The Morgan fingerprint density at radius 2 is 0.878 bits per heavy atom. The van der Waals surface area contributed by atoms with Crippen molar-refractivity contribution in [2.24, 2.45) is 0 Å². The van der Waals surface area contributed by atoms with E-state index in [1.165, 1.54) is 11.8 Å². The highest BCUT2D eigenvalue weighted by Gasteiger charge is 2.52. The van der Waals surface area contributed by atoms with Gasteiger partial charge in [0, 0.05) is 57.7 Å². The van der Waals surface area contributed by atoms with Gasteiger partial charge in [0.05, 0.1) is 65.2 Å². The van der Waals surface area contributed by atoms with Gasteiger partial charge >= 0.3 is 5.97 Å². The van der Waals surface area contributed by atoms with Gasteiger partial charge in [0.25, 0.3) is 0 Å². The third-order valence-corrected chi connectivity index (χ3v) is 14.8. The summed E-state index contributed by atoms with van der Waals surface area (Å²) < 4.78 is 44.6. The number of carbonyl (C=O) groups is 6. The number of aliphatic hydroxyl groups is 13. The van der Waals surface area contributed by atoms with Gasteiger partial charge in [0.1, 0.15) is 91.6 Å². The van der Waals surface area contributed by atoms with Gasteiger partial charge in [0.15, 0.2) is 25.2 Å². The van der Waals surface area contributed by atoms with Crippen LogP contribution in [0.2, 0.25) is 0 Å². The molecule has 4 fully saturated rings. The van der Waals surface area contributed by atoms with Gasteiger partial charge in [-0.05, 0) is 32.6 Å². The second-order valence-electron chi connectivity index (χ2n) is 21.8. The Morgan fingerprint density at radius 3 is 1.38 bits per heavy atom. The molecule has 4 saturated heterocycles. The molecule has 20 atom stereocenters. The predicted molar refractivity (Wildman–Crippen MR) is 296 cm³/mol. The zero-order chi connectivity index (χ0) is 66.2. The van der Waals surface area contributed by atoms with Crippen LogP contribution in [0.5, 0.6) is 11.8 Å². The summed E-state index contributed by atoms with van der Waals surface area (Å²) >= 11 is 0. The van der Waals surface area contributed by atoms with Gasteiger partial charge in [-0.1, -0.05) is 12.8 Å². The minimum absolute atomic E-state index is 0.0260. The smallest absolute Gasteiger partial charge is 0.334 e. The average molecular weight is 1300 g/mol. The van der Waals surface area contributed by atoms with E-state index in [1.54, 1.807) is 0 Å². The van der Waals surface area contributed by atoms with Gasteiger partial charge in [-0.25, -0.2) is 4.79 Å². The SMILES string of the molecule is CC1OC(OCCNC(=O)CCCCCNC(=O)CN(CC(=O)NCCCCCC(=O)NCCOC2OC(COC3OC(CO)C(O)C(O)C3O)C(O)C(OC3OC(CO)C(O)C(O)C3O)C2O)CC(=O)NCCC(=O)On2c(O)ccc2O)C(O)C(O)C1O. The van der Waals surface area contributed by atoms with E-state index in [9.17, 15) is 105 Å². The molecule has 37 heteroatoms. The zero-order valence-electron chi connectivity index (χ0n) is 49.5. The molecule has 1 aromatic rings. The Hall–Kier alpha value is -5.18. The third-order valence-electron chi connectivity index (χ3n) is 14.8. The van der Waals surface area contributed by atoms with Crippen molar-refractivity contribution in [1.29, 1.82) is 0 Å². The van der Waals surface area contributed by atoms with E-state index < -0.39 is 204 Å². The molecule has 20 unspecified atom stereocenters. The Kier molecular flexibility index (Phi) is 32.0. The minimum Gasteiger partial charge on any atom is -0.492 e. The van der Waals surface area contributed by atoms with Crippen molar-refractivity contribution in [3.63, 3.8) is 0 Å². The van der Waals surface area contributed by atoms with E-state index in [4.69, 9.17) is 42.7 Å². The molecule has 516 valence electrons. The molecule has 4 aliphatic heterocycles. The van der Waals surface area contributed by atoms with E-state index >= 15 is 0 Å². The maximum absolute atomic E-state index is 13.1. The number of hydrogen-bond acceptors (Lipinski definition) is 31. The summed E-state index contributed by atoms with van der Waals surface area (Å²) in [6.07, 6.45) is -29.8. The Morgan fingerprint density at radius 1 is 0.456 bits per heavy atom. The van der Waals surface area contributed by atoms with Crippen LogP contribution in [-0.2, 0) is 66.7 Å². The van der Waals surface area contributed by atoms with Crippen molar-refractivity contribution in [1.82, 2.24) is 36.2 Å². The van der Waals surface area contributed by atoms with Crippen molar-refractivity contribution in [2.75, 3.05) is 85.4 Å². The van der Waals surface area contributed by atoms with Crippen LogP contribution in [0.15, 0.2) is 12.1 Å². The highest BCUT2D eigenvalue weighted by atomic mass is 16.8. The van der Waals surface area contributed by atoms with Crippen LogP contribution in [0.3, 0.4) is 0 Å². The Labute approximate surface area is 515 Å². The Bertz CT molecular complexity index is 2340. The number of aromatic nitrogens is 1. The highest BCUT2D eigenvalue weighted by molar-refractivity contribution is 5.84. The highest BCUT2D eigenvalue weighted by Crippen LogP contribution is 2.31. The summed E-state index contributed by atoms with van der Waals surface area (Å²) in [4.78, 5) is 82.6. The van der Waals surface area contributed by atoms with E-state index in [0.717, 1.165) is 12.1 Å². The van der Waals surface area contributed by atoms with Gasteiger partial charge < -0.3 is 146 Å². The summed E-state index contributed by atoms with van der Waals surface area (Å²) in [6.45, 7) is -2.39. The lowest BCUT2D eigenvalue weighted by atomic mass is 9.96. The largest absolute Gasteiger partial charge is 0.492 e. The van der Waals surface area contributed by atoms with E-state index in [2.05, 4.69) is 26.6 Å². The van der Waals surface area contributed by atoms with Crippen LogP contribution < -0.4 is 31.4 Å². The first-order valence-electron chi connectivity index (χ1n) is 29.5. The number of ether oxygens (including phenoxy) is 8. The number of nitrogens with one attached hydrogen (secondary N) is 5. The maximum Gasteiger partial charge on any atom is 0.334 e. The second kappa shape index (κ2) is 38.1. The lowest BCUT2D eigenvalue weighted by molar-refractivity contribution is -0.366. The van der Waals surface area contributed by atoms with Crippen LogP contribution >= 0.6 is 0 Å². The van der Waals surface area contributed by atoms with Crippen LogP contribution in [-0.4, -0.2) is 330 Å². The van der Waals surface area contributed by atoms with Crippen molar-refractivity contribution >= 4 is 35.5 Å². The molecule has 1 aromatic heterocycles. The quantitative estimate of drug-likeness (QED) is 0.0275. The number of rotatable bonds is 37. The molecule has 0 spiro atoms. The van der Waals surface area contributed by atoms with Crippen LogP contribution in [0.25, 0.3) is 0 Å². The molecule has 0 aromatic carbocycles. The van der Waals surface area contributed by atoms with Gasteiger partial charge in [-0.2, -0.15) is 0 Å². The normalized spacial score (nSPS) is 32.0. The van der Waals surface area contributed by atoms with Crippen molar-refractivity contribution < 1.29 is 148 Å². The second-order valence-corrected chi connectivity index (χ2v) is 21.8. The van der Waals surface area contributed by atoms with E-state index in [0.29, 0.717) is 43.3 Å². The average Bonchev–Trinajstić information content (AvgIpc) is 1.00. The minimum atomic E-state index is -1.96. The topological polar surface area (TPSA) is 557 Å². The molecule has 0 saturated carbocycles. The fraction of sp³-hybridized carbons (Fsp3) is 0.811. The van der Waals surface area contributed by atoms with E-state index in [1.807, 2.05) is 0 Å². The first kappa shape index (κ1) is 75.5.